The number of carbonyl (C=O) groups excluding carboxylic acids is 1. The summed E-state index contributed by atoms with van der Waals surface area (Å²) in [6.45, 7) is 3.88. The first-order valence-corrected chi connectivity index (χ1v) is 10.7. The van der Waals surface area contributed by atoms with Crippen LogP contribution in [-0.2, 0) is 9.53 Å². The Bertz CT molecular complexity index is 1160. The van der Waals surface area contributed by atoms with Gasteiger partial charge < -0.3 is 9.64 Å². The van der Waals surface area contributed by atoms with Gasteiger partial charge in [-0.15, -0.1) is 0 Å². The minimum Gasteiger partial charge on any atom is -0.378 e. The molecule has 0 bridgehead atoms. The molecule has 156 valence electrons. The van der Waals surface area contributed by atoms with Gasteiger partial charge >= 0.3 is 0 Å². The molecule has 1 aliphatic heterocycles. The van der Waals surface area contributed by atoms with Crippen LogP contribution in [0.2, 0.25) is 5.02 Å². The number of morpholine rings is 1. The number of rotatable bonds is 4. The Balaban J connectivity index is 1.78. The van der Waals surface area contributed by atoms with Crippen molar-refractivity contribution in [2.24, 2.45) is 0 Å². The number of halogens is 2. The van der Waals surface area contributed by atoms with Crippen molar-refractivity contribution in [3.05, 3.63) is 63.7 Å². The molecule has 0 aliphatic carbocycles. The number of benzene rings is 2. The topological polar surface area (TPSA) is 64.4 Å². The number of carbonyl (C=O) groups is 1. The number of nitrogens with zero attached hydrogens (tertiary/aromatic N) is 3. The van der Waals surface area contributed by atoms with Crippen LogP contribution in [0, 0.1) is 5.82 Å². The van der Waals surface area contributed by atoms with Crippen molar-refractivity contribution in [2.45, 2.75) is 17.3 Å². The second-order valence-electron chi connectivity index (χ2n) is 6.85. The Morgan fingerprint density at radius 1 is 1.23 bits per heavy atom. The molecule has 2 aromatic carbocycles. The number of ether oxygens (including phenoxy) is 1. The Labute approximate surface area is 181 Å². The standard InChI is InChI=1S/C21H19ClFN3O3S/c1-13(19(27)25-8-10-29-11-9-25)30-21-24-18-5-3-2-4-15(18)20(28)26(21)14-6-7-17(23)16(22)12-14/h2-7,12-13H,8-11H2,1H3. The van der Waals surface area contributed by atoms with Crippen molar-refractivity contribution < 1.29 is 13.9 Å². The summed E-state index contributed by atoms with van der Waals surface area (Å²) in [5.41, 5.74) is 0.607. The van der Waals surface area contributed by atoms with E-state index in [0.29, 0.717) is 48.1 Å². The molecule has 0 radical (unpaired) electrons. The van der Waals surface area contributed by atoms with Gasteiger partial charge in [0.25, 0.3) is 5.56 Å². The fourth-order valence-corrected chi connectivity index (χ4v) is 4.48. The average molecular weight is 448 g/mol. The molecule has 1 fully saturated rings. The lowest BCUT2D eigenvalue weighted by atomic mass is 10.2. The van der Waals surface area contributed by atoms with Crippen molar-refractivity contribution in [2.75, 3.05) is 26.3 Å². The lowest BCUT2D eigenvalue weighted by Crippen LogP contribution is -2.44. The molecular weight excluding hydrogens is 429 g/mol. The summed E-state index contributed by atoms with van der Waals surface area (Å²) in [6.07, 6.45) is 0. The SMILES string of the molecule is CC(Sc1nc2ccccc2c(=O)n1-c1ccc(F)c(Cl)c1)C(=O)N1CCOCC1. The first-order valence-electron chi connectivity index (χ1n) is 9.46. The van der Waals surface area contributed by atoms with Gasteiger partial charge in [0.15, 0.2) is 5.16 Å². The van der Waals surface area contributed by atoms with E-state index in [1.165, 1.54) is 34.5 Å². The number of hydrogen-bond donors (Lipinski definition) is 0. The monoisotopic (exact) mass is 447 g/mol. The molecule has 9 heteroatoms. The van der Waals surface area contributed by atoms with Crippen molar-refractivity contribution in [3.63, 3.8) is 0 Å². The number of thioether (sulfide) groups is 1. The molecule has 30 heavy (non-hydrogen) atoms. The molecule has 0 N–H and O–H groups in total. The first kappa shape index (κ1) is 20.8. The second kappa shape index (κ2) is 8.75. The lowest BCUT2D eigenvalue weighted by Gasteiger charge is -2.29. The highest BCUT2D eigenvalue weighted by molar-refractivity contribution is 8.00. The van der Waals surface area contributed by atoms with Gasteiger partial charge in [-0.2, -0.15) is 0 Å². The summed E-state index contributed by atoms with van der Waals surface area (Å²) in [5.74, 6) is -0.623. The van der Waals surface area contributed by atoms with E-state index >= 15 is 0 Å². The number of fused-ring (bicyclic) bond motifs is 1. The number of para-hydroxylation sites is 1. The van der Waals surface area contributed by atoms with Crippen LogP contribution < -0.4 is 5.56 Å². The smallest absolute Gasteiger partial charge is 0.266 e. The van der Waals surface area contributed by atoms with E-state index in [-0.39, 0.29) is 16.5 Å². The second-order valence-corrected chi connectivity index (χ2v) is 8.56. The molecular formula is C21H19ClFN3O3S. The molecule has 1 saturated heterocycles. The van der Waals surface area contributed by atoms with Crippen LogP contribution in [0.1, 0.15) is 6.92 Å². The van der Waals surface area contributed by atoms with E-state index < -0.39 is 11.1 Å². The highest BCUT2D eigenvalue weighted by Gasteiger charge is 2.25. The highest BCUT2D eigenvalue weighted by atomic mass is 35.5. The van der Waals surface area contributed by atoms with E-state index in [4.69, 9.17) is 16.3 Å². The van der Waals surface area contributed by atoms with E-state index in [1.54, 1.807) is 36.1 Å². The summed E-state index contributed by atoms with van der Waals surface area (Å²) in [5, 5.41) is 0.198. The van der Waals surface area contributed by atoms with E-state index in [2.05, 4.69) is 4.98 Å². The van der Waals surface area contributed by atoms with Crippen molar-refractivity contribution in [3.8, 4) is 5.69 Å². The highest BCUT2D eigenvalue weighted by Crippen LogP contribution is 2.27. The summed E-state index contributed by atoms with van der Waals surface area (Å²) in [4.78, 5) is 32.5. The van der Waals surface area contributed by atoms with E-state index in [1.807, 2.05) is 0 Å². The predicted octanol–water partition coefficient (Wildman–Crippen LogP) is 3.52. The van der Waals surface area contributed by atoms with Crippen molar-refractivity contribution >= 4 is 40.2 Å². The molecule has 3 aromatic rings. The number of hydrogen-bond acceptors (Lipinski definition) is 5. The van der Waals surface area contributed by atoms with Gasteiger partial charge in [0.05, 0.1) is 40.1 Å². The average Bonchev–Trinajstić information content (AvgIpc) is 2.76. The van der Waals surface area contributed by atoms with Gasteiger partial charge in [0, 0.05) is 13.1 Å². The molecule has 1 unspecified atom stereocenters. The summed E-state index contributed by atoms with van der Waals surface area (Å²) >= 11 is 7.14. The lowest BCUT2D eigenvalue weighted by molar-refractivity contribution is -0.134. The fraction of sp³-hybridized carbons (Fsp3) is 0.286. The maximum atomic E-state index is 13.7. The van der Waals surface area contributed by atoms with Crippen LogP contribution in [0.3, 0.4) is 0 Å². The third kappa shape index (κ3) is 4.08. The van der Waals surface area contributed by atoms with Crippen molar-refractivity contribution in [1.82, 2.24) is 14.5 Å². The first-order chi connectivity index (χ1) is 14.5. The third-order valence-corrected chi connectivity index (χ3v) is 6.19. The molecule has 1 aliphatic rings. The molecule has 1 atom stereocenters. The van der Waals surface area contributed by atoms with Gasteiger partial charge in [-0.1, -0.05) is 35.5 Å². The molecule has 0 saturated carbocycles. The maximum Gasteiger partial charge on any atom is 0.266 e. The molecule has 6 nitrogen and oxygen atoms in total. The molecule has 1 aromatic heterocycles. The molecule has 4 rings (SSSR count). The summed E-state index contributed by atoms with van der Waals surface area (Å²) in [7, 11) is 0. The normalized spacial score (nSPS) is 15.4. The van der Waals surface area contributed by atoms with Gasteiger partial charge in [0.1, 0.15) is 5.82 Å². The minimum absolute atomic E-state index is 0.0469. The number of aromatic nitrogens is 2. The van der Waals surface area contributed by atoms with Crippen LogP contribution in [-0.4, -0.2) is 51.9 Å². The largest absolute Gasteiger partial charge is 0.378 e. The zero-order valence-corrected chi connectivity index (χ0v) is 17.8. The van der Waals surface area contributed by atoms with Gasteiger partial charge in [-0.3, -0.25) is 14.2 Å². The Morgan fingerprint density at radius 2 is 1.97 bits per heavy atom. The molecule has 2 heterocycles. The van der Waals surface area contributed by atoms with Crippen LogP contribution in [0.5, 0.6) is 0 Å². The predicted molar refractivity (Wildman–Crippen MR) is 115 cm³/mol. The van der Waals surface area contributed by atoms with E-state index in [0.717, 1.165) is 0 Å². The van der Waals surface area contributed by atoms with Crippen LogP contribution in [0.4, 0.5) is 4.39 Å². The zero-order chi connectivity index (χ0) is 21.3. The van der Waals surface area contributed by atoms with Gasteiger partial charge in [0.2, 0.25) is 5.91 Å². The zero-order valence-electron chi connectivity index (χ0n) is 16.2. The quantitative estimate of drug-likeness (QED) is 0.452. The van der Waals surface area contributed by atoms with Crippen LogP contribution in [0.25, 0.3) is 16.6 Å². The van der Waals surface area contributed by atoms with Crippen LogP contribution >= 0.6 is 23.4 Å². The minimum atomic E-state index is -0.577. The Kier molecular flexibility index (Phi) is 6.08. The van der Waals surface area contributed by atoms with Crippen LogP contribution in [0.15, 0.2) is 52.4 Å². The molecule has 1 amide bonds. The Morgan fingerprint density at radius 3 is 2.70 bits per heavy atom. The number of amides is 1. The maximum absolute atomic E-state index is 13.7. The summed E-state index contributed by atoms with van der Waals surface area (Å²) in [6, 6.07) is 11.0. The van der Waals surface area contributed by atoms with E-state index in [9.17, 15) is 14.0 Å². The van der Waals surface area contributed by atoms with Gasteiger partial charge in [-0.05, 0) is 37.3 Å². The molecule has 0 spiro atoms. The van der Waals surface area contributed by atoms with Gasteiger partial charge in [-0.25, -0.2) is 9.37 Å². The fourth-order valence-electron chi connectivity index (χ4n) is 3.29. The summed E-state index contributed by atoms with van der Waals surface area (Å²) < 4.78 is 20.4. The Hall–Kier alpha value is -2.42. The van der Waals surface area contributed by atoms with Crippen molar-refractivity contribution in [1.29, 1.82) is 0 Å². The third-order valence-electron chi connectivity index (χ3n) is 4.86.